The number of halogens is 2. The molecule has 6 heteroatoms. The molecule has 1 heterocycles. The van der Waals surface area contributed by atoms with Crippen LogP contribution in [0.2, 0.25) is 0 Å². The number of aliphatic hydroxyl groups is 1. The lowest BCUT2D eigenvalue weighted by atomic mass is 10.1. The van der Waals surface area contributed by atoms with Gasteiger partial charge in [0.2, 0.25) is 5.95 Å². The number of aliphatic hydroxyl groups excluding tert-OH is 1. The lowest BCUT2D eigenvalue weighted by Gasteiger charge is -2.16. The predicted molar refractivity (Wildman–Crippen MR) is 69.6 cm³/mol. The van der Waals surface area contributed by atoms with E-state index >= 15 is 0 Å². The fourth-order valence-electron chi connectivity index (χ4n) is 1.47. The maximum Gasteiger partial charge on any atom is 0.223 e. The Morgan fingerprint density at radius 2 is 1.83 bits per heavy atom. The maximum absolute atomic E-state index is 12.8. The topological polar surface area (TPSA) is 58.0 Å². The van der Waals surface area contributed by atoms with Crippen LogP contribution in [-0.4, -0.2) is 21.7 Å². The first kappa shape index (κ1) is 12.9. The van der Waals surface area contributed by atoms with Gasteiger partial charge in [0.15, 0.2) is 0 Å². The minimum absolute atomic E-state index is 0.134. The quantitative estimate of drug-likeness (QED) is 0.911. The summed E-state index contributed by atoms with van der Waals surface area (Å²) in [5.74, 6) is 0.0944. The smallest absolute Gasteiger partial charge is 0.223 e. The van der Waals surface area contributed by atoms with E-state index in [0.717, 1.165) is 10.0 Å². The zero-order chi connectivity index (χ0) is 13.0. The van der Waals surface area contributed by atoms with Crippen molar-refractivity contribution >= 4 is 21.9 Å². The molecule has 1 atom stereocenters. The monoisotopic (exact) mass is 311 g/mol. The maximum atomic E-state index is 12.8. The Morgan fingerprint density at radius 3 is 2.39 bits per heavy atom. The second-order valence-electron chi connectivity index (χ2n) is 3.66. The molecule has 0 fully saturated rings. The molecule has 0 aliphatic rings. The molecule has 94 valence electrons. The molecule has 1 aromatic carbocycles. The standard InChI is InChI=1S/C12H11BrFN3O/c13-9-5-15-12(16-6-9)17-11(7-18)8-1-3-10(14)4-2-8/h1-6,11,18H,7H2,(H,15,16,17)/t11-/m1/s1. The fraction of sp³-hybridized carbons (Fsp3) is 0.167. The Bertz CT molecular complexity index is 504. The summed E-state index contributed by atoms with van der Waals surface area (Å²) in [6, 6.07) is 5.56. The van der Waals surface area contributed by atoms with Gasteiger partial charge in [-0.15, -0.1) is 0 Å². The zero-order valence-corrected chi connectivity index (χ0v) is 10.9. The van der Waals surface area contributed by atoms with Gasteiger partial charge in [-0.05, 0) is 33.6 Å². The van der Waals surface area contributed by atoms with Gasteiger partial charge < -0.3 is 10.4 Å². The highest BCUT2D eigenvalue weighted by Gasteiger charge is 2.11. The number of benzene rings is 1. The summed E-state index contributed by atoms with van der Waals surface area (Å²) >= 11 is 3.24. The molecular weight excluding hydrogens is 301 g/mol. The van der Waals surface area contributed by atoms with E-state index in [1.165, 1.54) is 12.1 Å². The van der Waals surface area contributed by atoms with Gasteiger partial charge in [0.25, 0.3) is 0 Å². The minimum atomic E-state index is -0.369. The van der Waals surface area contributed by atoms with Crippen LogP contribution in [0.3, 0.4) is 0 Å². The third kappa shape index (κ3) is 3.24. The van der Waals surface area contributed by atoms with E-state index in [4.69, 9.17) is 0 Å². The third-order valence-electron chi connectivity index (χ3n) is 2.38. The SMILES string of the molecule is OC[C@@H](Nc1ncc(Br)cn1)c1ccc(F)cc1. The Kier molecular flexibility index (Phi) is 4.22. The van der Waals surface area contributed by atoms with Crippen LogP contribution in [0.15, 0.2) is 41.1 Å². The number of aromatic nitrogens is 2. The van der Waals surface area contributed by atoms with E-state index in [2.05, 4.69) is 31.2 Å². The van der Waals surface area contributed by atoms with E-state index in [-0.39, 0.29) is 18.5 Å². The van der Waals surface area contributed by atoms with Gasteiger partial charge in [0, 0.05) is 12.4 Å². The largest absolute Gasteiger partial charge is 0.394 e. The highest BCUT2D eigenvalue weighted by molar-refractivity contribution is 9.10. The summed E-state index contributed by atoms with van der Waals surface area (Å²) in [5, 5.41) is 12.3. The van der Waals surface area contributed by atoms with Crippen LogP contribution >= 0.6 is 15.9 Å². The van der Waals surface area contributed by atoms with Crippen LogP contribution in [-0.2, 0) is 0 Å². The van der Waals surface area contributed by atoms with Crippen LogP contribution < -0.4 is 5.32 Å². The van der Waals surface area contributed by atoms with Crippen molar-refractivity contribution in [1.29, 1.82) is 0 Å². The Balaban J connectivity index is 2.14. The molecule has 0 saturated heterocycles. The molecule has 2 aromatic rings. The van der Waals surface area contributed by atoms with Crippen LogP contribution in [0.4, 0.5) is 10.3 Å². The molecule has 0 spiro atoms. The van der Waals surface area contributed by atoms with Crippen LogP contribution in [0.25, 0.3) is 0 Å². The zero-order valence-electron chi connectivity index (χ0n) is 9.35. The second kappa shape index (κ2) is 5.88. The highest BCUT2D eigenvalue weighted by Crippen LogP contribution is 2.17. The van der Waals surface area contributed by atoms with Crippen LogP contribution in [0.1, 0.15) is 11.6 Å². The van der Waals surface area contributed by atoms with Crippen molar-refractivity contribution in [2.75, 3.05) is 11.9 Å². The Labute approximate surface area is 112 Å². The molecule has 0 aliphatic carbocycles. The second-order valence-corrected chi connectivity index (χ2v) is 4.57. The summed E-state index contributed by atoms with van der Waals surface area (Å²) in [4.78, 5) is 8.11. The van der Waals surface area contributed by atoms with Gasteiger partial charge in [0.05, 0.1) is 17.1 Å². The number of hydrogen-bond acceptors (Lipinski definition) is 4. The van der Waals surface area contributed by atoms with Crippen molar-refractivity contribution in [3.8, 4) is 0 Å². The summed E-state index contributed by atoms with van der Waals surface area (Å²) in [6.45, 7) is -0.134. The first-order valence-corrected chi connectivity index (χ1v) is 6.09. The van der Waals surface area contributed by atoms with E-state index in [1.807, 2.05) is 0 Å². The van der Waals surface area contributed by atoms with Gasteiger partial charge in [-0.1, -0.05) is 12.1 Å². The first-order chi connectivity index (χ1) is 8.69. The molecular formula is C12H11BrFN3O. The number of rotatable bonds is 4. The number of anilines is 1. The van der Waals surface area contributed by atoms with Crippen molar-refractivity contribution in [3.63, 3.8) is 0 Å². The highest BCUT2D eigenvalue weighted by atomic mass is 79.9. The molecule has 1 aromatic heterocycles. The number of nitrogens with one attached hydrogen (secondary N) is 1. The molecule has 2 rings (SSSR count). The van der Waals surface area contributed by atoms with Crippen LogP contribution in [0, 0.1) is 5.82 Å². The first-order valence-electron chi connectivity index (χ1n) is 5.29. The van der Waals surface area contributed by atoms with E-state index in [1.54, 1.807) is 24.5 Å². The van der Waals surface area contributed by atoms with Gasteiger partial charge >= 0.3 is 0 Å². The number of nitrogens with zero attached hydrogens (tertiary/aromatic N) is 2. The van der Waals surface area contributed by atoms with Gasteiger partial charge in [-0.3, -0.25) is 0 Å². The molecule has 18 heavy (non-hydrogen) atoms. The van der Waals surface area contributed by atoms with Gasteiger partial charge in [-0.2, -0.15) is 0 Å². The Morgan fingerprint density at radius 1 is 1.22 bits per heavy atom. The summed E-state index contributed by atoms with van der Waals surface area (Å²) in [5.41, 5.74) is 0.769. The van der Waals surface area contributed by atoms with Crippen molar-refractivity contribution in [3.05, 3.63) is 52.5 Å². The molecule has 0 radical (unpaired) electrons. The normalized spacial score (nSPS) is 12.2. The molecule has 0 unspecified atom stereocenters. The fourth-order valence-corrected chi connectivity index (χ4v) is 1.68. The number of hydrogen-bond donors (Lipinski definition) is 2. The third-order valence-corrected chi connectivity index (χ3v) is 2.79. The molecule has 0 bridgehead atoms. The lowest BCUT2D eigenvalue weighted by Crippen LogP contribution is -2.16. The Hall–Kier alpha value is -1.53. The van der Waals surface area contributed by atoms with E-state index < -0.39 is 0 Å². The molecule has 0 amide bonds. The average Bonchev–Trinajstić information content (AvgIpc) is 2.39. The van der Waals surface area contributed by atoms with Crippen LogP contribution in [0.5, 0.6) is 0 Å². The average molecular weight is 312 g/mol. The van der Waals surface area contributed by atoms with Crippen molar-refractivity contribution in [1.82, 2.24) is 9.97 Å². The van der Waals surface area contributed by atoms with E-state index in [9.17, 15) is 9.50 Å². The molecule has 2 N–H and O–H groups in total. The van der Waals surface area contributed by atoms with Crippen molar-refractivity contribution in [2.45, 2.75) is 6.04 Å². The molecule has 4 nitrogen and oxygen atoms in total. The lowest BCUT2D eigenvalue weighted by molar-refractivity contribution is 0.276. The van der Waals surface area contributed by atoms with Crippen molar-refractivity contribution < 1.29 is 9.50 Å². The minimum Gasteiger partial charge on any atom is -0.394 e. The summed E-state index contributed by atoms with van der Waals surface area (Å²) in [7, 11) is 0. The summed E-state index contributed by atoms with van der Waals surface area (Å²) < 4.78 is 13.6. The van der Waals surface area contributed by atoms with Crippen molar-refractivity contribution in [2.24, 2.45) is 0 Å². The van der Waals surface area contributed by atoms with Gasteiger partial charge in [-0.25, -0.2) is 14.4 Å². The molecule has 0 saturated carbocycles. The molecule has 0 aliphatic heterocycles. The van der Waals surface area contributed by atoms with Gasteiger partial charge in [0.1, 0.15) is 5.82 Å². The predicted octanol–water partition coefficient (Wildman–Crippen LogP) is 2.52. The van der Waals surface area contributed by atoms with E-state index in [0.29, 0.717) is 5.95 Å². The summed E-state index contributed by atoms with van der Waals surface area (Å²) in [6.07, 6.45) is 3.21.